The molecule has 3 aliphatic heterocycles. The third-order valence-corrected chi connectivity index (χ3v) is 18.3. The van der Waals surface area contributed by atoms with Gasteiger partial charge in [0.15, 0.2) is 18.9 Å². The molecule has 1 unspecified atom stereocenters. The van der Waals surface area contributed by atoms with Gasteiger partial charge in [0.05, 0.1) is 43.7 Å². The van der Waals surface area contributed by atoms with Crippen LogP contribution < -0.4 is 0 Å². The van der Waals surface area contributed by atoms with E-state index in [2.05, 4.69) is 26.8 Å². The highest BCUT2D eigenvalue weighted by atomic mass is 16.8. The lowest BCUT2D eigenvalue weighted by Gasteiger charge is -2.72. The standard InChI is InChI=1S/C47H80O18/c1-21(2)10-9-13-47(8,65-41-37(59)34(56)32(54)26(18-48)62-41)22-11-15-45(6)30(22)23(50)16-28-44(5)14-12-29(52)43(3,4)39(44)25(17-46(28,45)7)61-42-38(35(57)33(55)27(19-49)63-42)64-40-36(58)31(53)24(51)20-60-40/h10,22-42,48-59H,9,11-20H2,1-8H3/t22?,23-,24-,25+,26+,27-,28+,29+,30-,31+,32-,33-,34-,35+,36-,37+,38-,39-,40+,41+,42-,44-,45-,46+,47+/m1/s1. The van der Waals surface area contributed by atoms with E-state index in [0.717, 1.165) is 5.57 Å². The van der Waals surface area contributed by atoms with Crippen molar-refractivity contribution in [3.63, 3.8) is 0 Å². The highest BCUT2D eigenvalue weighted by Crippen LogP contribution is 2.76. The molecule has 4 saturated carbocycles. The molecule has 7 aliphatic rings. The van der Waals surface area contributed by atoms with Crippen LogP contribution in [-0.4, -0.2) is 191 Å². The fraction of sp³-hybridized carbons (Fsp3) is 0.957. The number of hydrogen-bond donors (Lipinski definition) is 12. The van der Waals surface area contributed by atoms with Crippen molar-refractivity contribution in [3.8, 4) is 0 Å². The monoisotopic (exact) mass is 933 g/mol. The van der Waals surface area contributed by atoms with Crippen molar-refractivity contribution >= 4 is 0 Å². The van der Waals surface area contributed by atoms with Crippen molar-refractivity contribution in [2.24, 2.45) is 45.3 Å². The predicted octanol–water partition coefficient (Wildman–Crippen LogP) is -0.417. The maximum atomic E-state index is 12.7. The van der Waals surface area contributed by atoms with E-state index in [1.54, 1.807) is 0 Å². The van der Waals surface area contributed by atoms with Gasteiger partial charge in [0.1, 0.15) is 67.1 Å². The molecule has 0 aromatic carbocycles. The van der Waals surface area contributed by atoms with Crippen LogP contribution in [-0.2, 0) is 28.4 Å². The summed E-state index contributed by atoms with van der Waals surface area (Å²) >= 11 is 0. The Morgan fingerprint density at radius 1 is 0.692 bits per heavy atom. The molecule has 0 spiro atoms. The summed E-state index contributed by atoms with van der Waals surface area (Å²) in [4.78, 5) is 0. The zero-order valence-corrected chi connectivity index (χ0v) is 39.3. The molecular weight excluding hydrogens is 852 g/mol. The van der Waals surface area contributed by atoms with Crippen LogP contribution in [0.2, 0.25) is 0 Å². The van der Waals surface area contributed by atoms with Gasteiger partial charge in [0.2, 0.25) is 0 Å². The van der Waals surface area contributed by atoms with Crippen LogP contribution >= 0.6 is 0 Å². The van der Waals surface area contributed by atoms with Gasteiger partial charge >= 0.3 is 0 Å². The van der Waals surface area contributed by atoms with Gasteiger partial charge in [-0.25, -0.2) is 0 Å². The first-order valence-electron chi connectivity index (χ1n) is 23.9. The molecule has 0 aromatic rings. The summed E-state index contributed by atoms with van der Waals surface area (Å²) < 4.78 is 37.7. The highest BCUT2D eigenvalue weighted by Gasteiger charge is 2.74. The highest BCUT2D eigenvalue weighted by molar-refractivity contribution is 5.22. The second-order valence-electron chi connectivity index (χ2n) is 22.6. The fourth-order valence-corrected chi connectivity index (χ4v) is 14.6. The second kappa shape index (κ2) is 19.0. The van der Waals surface area contributed by atoms with Gasteiger partial charge in [-0.15, -0.1) is 0 Å². The van der Waals surface area contributed by atoms with Crippen molar-refractivity contribution in [1.29, 1.82) is 0 Å². The number of rotatable bonds is 12. The molecule has 0 bridgehead atoms. The van der Waals surface area contributed by atoms with Gasteiger partial charge in [0, 0.05) is 0 Å². The number of allylic oxidation sites excluding steroid dienone is 2. The summed E-state index contributed by atoms with van der Waals surface area (Å²) in [6.07, 6.45) is -17.2. The molecule has 4 aliphatic carbocycles. The Hall–Kier alpha value is -0.980. The Morgan fingerprint density at radius 2 is 1.31 bits per heavy atom. The molecular formula is C47H80O18. The molecule has 3 heterocycles. The minimum Gasteiger partial charge on any atom is -0.394 e. The molecule has 376 valence electrons. The Kier molecular flexibility index (Phi) is 15.1. The van der Waals surface area contributed by atoms with Crippen LogP contribution in [0.15, 0.2) is 11.6 Å². The average Bonchev–Trinajstić information content (AvgIpc) is 3.63. The number of aliphatic hydroxyl groups excluding tert-OH is 12. The predicted molar refractivity (Wildman–Crippen MR) is 229 cm³/mol. The Bertz CT molecular complexity index is 1660. The van der Waals surface area contributed by atoms with Gasteiger partial charge in [-0.05, 0) is 117 Å². The molecule has 25 atom stereocenters. The second-order valence-corrected chi connectivity index (χ2v) is 22.6. The zero-order chi connectivity index (χ0) is 47.9. The molecule has 18 nitrogen and oxygen atoms in total. The lowest BCUT2D eigenvalue weighted by atomic mass is 9.34. The van der Waals surface area contributed by atoms with E-state index in [1.165, 1.54) is 0 Å². The summed E-state index contributed by atoms with van der Waals surface area (Å²) in [7, 11) is 0. The van der Waals surface area contributed by atoms with Gasteiger partial charge in [-0.1, -0.05) is 46.3 Å². The average molecular weight is 933 g/mol. The molecule has 7 rings (SSSR count). The Balaban J connectivity index is 1.27. The largest absolute Gasteiger partial charge is 0.394 e. The summed E-state index contributed by atoms with van der Waals surface area (Å²) in [5.74, 6) is -1.11. The normalized spacial score (nSPS) is 53.0. The first-order valence-corrected chi connectivity index (χ1v) is 23.9. The molecule has 7 fully saturated rings. The molecule has 18 heteroatoms. The summed E-state index contributed by atoms with van der Waals surface area (Å²) in [6, 6.07) is 0. The van der Waals surface area contributed by atoms with Gasteiger partial charge in [0.25, 0.3) is 0 Å². The molecule has 3 saturated heterocycles. The maximum Gasteiger partial charge on any atom is 0.187 e. The van der Waals surface area contributed by atoms with Crippen molar-refractivity contribution in [2.75, 3.05) is 19.8 Å². The van der Waals surface area contributed by atoms with Crippen LogP contribution in [0, 0.1) is 45.3 Å². The molecule has 0 radical (unpaired) electrons. The van der Waals surface area contributed by atoms with E-state index in [9.17, 15) is 61.3 Å². The Morgan fingerprint density at radius 3 is 1.94 bits per heavy atom. The summed E-state index contributed by atoms with van der Waals surface area (Å²) in [5, 5.41) is 131. The lowest BCUT2D eigenvalue weighted by Crippen LogP contribution is -2.71. The van der Waals surface area contributed by atoms with Gasteiger partial charge in [-0.2, -0.15) is 0 Å². The first-order chi connectivity index (χ1) is 30.3. The molecule has 0 aromatic heterocycles. The minimum absolute atomic E-state index is 0.0828. The van der Waals surface area contributed by atoms with Crippen LogP contribution in [0.5, 0.6) is 0 Å². The molecule has 0 amide bonds. The van der Waals surface area contributed by atoms with Gasteiger partial charge in [-0.3, -0.25) is 0 Å². The number of ether oxygens (including phenoxy) is 6. The smallest absolute Gasteiger partial charge is 0.187 e. The quantitative estimate of drug-likeness (QED) is 0.0874. The third-order valence-electron chi connectivity index (χ3n) is 18.3. The van der Waals surface area contributed by atoms with Crippen molar-refractivity contribution < 1.29 is 89.7 Å². The van der Waals surface area contributed by atoms with E-state index >= 15 is 0 Å². The van der Waals surface area contributed by atoms with Gasteiger partial charge < -0.3 is 89.7 Å². The SMILES string of the molecule is CC(C)=CCC[C@](C)(O[C@@H]1O[C@@H](CO)[C@@H](O)[C@@H](O)[C@@H]1O)C1CC[C@]2(C)[C@H]1[C@H](O)C[C@H]1[C@@]3(C)CC[C@H](O)C(C)(C)[C@H]3[C@@H](O[C@@H]3O[C@H](CO)[C@@H](O)[C@H](O)[C@H]3O[C@@H]3OC[C@@H](O)[C@H](O)[C@H]3O)C[C@@]12C. The lowest BCUT2D eigenvalue weighted by molar-refractivity contribution is -0.377. The van der Waals surface area contributed by atoms with E-state index < -0.39 is 145 Å². The van der Waals surface area contributed by atoms with Crippen LogP contribution in [0.4, 0.5) is 0 Å². The van der Waals surface area contributed by atoms with E-state index in [0.29, 0.717) is 51.4 Å². The fourth-order valence-electron chi connectivity index (χ4n) is 14.6. The Labute approximate surface area is 382 Å². The summed E-state index contributed by atoms with van der Waals surface area (Å²) in [5.41, 5.74) is -2.41. The van der Waals surface area contributed by atoms with E-state index in [-0.39, 0.29) is 30.3 Å². The number of fused-ring (bicyclic) bond motifs is 5. The van der Waals surface area contributed by atoms with Crippen LogP contribution in [0.3, 0.4) is 0 Å². The van der Waals surface area contributed by atoms with Crippen molar-refractivity contribution in [3.05, 3.63) is 11.6 Å². The number of aliphatic hydroxyl groups is 12. The maximum absolute atomic E-state index is 12.7. The van der Waals surface area contributed by atoms with Crippen LogP contribution in [0.25, 0.3) is 0 Å². The summed E-state index contributed by atoms with van der Waals surface area (Å²) in [6.45, 7) is 15.0. The van der Waals surface area contributed by atoms with Crippen molar-refractivity contribution in [1.82, 2.24) is 0 Å². The zero-order valence-electron chi connectivity index (χ0n) is 39.3. The molecule has 65 heavy (non-hydrogen) atoms. The van der Waals surface area contributed by atoms with Crippen molar-refractivity contribution in [2.45, 2.75) is 217 Å². The topological polar surface area (TPSA) is 298 Å². The number of hydrogen-bond acceptors (Lipinski definition) is 18. The first kappa shape index (κ1) is 51.9. The van der Waals surface area contributed by atoms with E-state index in [4.69, 9.17) is 28.4 Å². The molecule has 12 N–H and O–H groups in total. The van der Waals surface area contributed by atoms with E-state index in [1.807, 2.05) is 34.6 Å². The van der Waals surface area contributed by atoms with Crippen LogP contribution in [0.1, 0.15) is 107 Å². The minimum atomic E-state index is -1.73. The third kappa shape index (κ3) is 8.72.